The molecule has 1 aromatic heterocycles. The van der Waals surface area contributed by atoms with Crippen molar-refractivity contribution in [1.29, 1.82) is 0 Å². The molecule has 0 aromatic carbocycles. The third-order valence-corrected chi connectivity index (χ3v) is 3.04. The van der Waals surface area contributed by atoms with Crippen LogP contribution in [0.3, 0.4) is 0 Å². The van der Waals surface area contributed by atoms with Crippen molar-refractivity contribution in [1.82, 2.24) is 15.1 Å². The Morgan fingerprint density at radius 3 is 2.79 bits per heavy atom. The fourth-order valence-electron chi connectivity index (χ4n) is 1.86. The van der Waals surface area contributed by atoms with Gasteiger partial charge in [-0.1, -0.05) is 12.8 Å². The van der Waals surface area contributed by atoms with Crippen molar-refractivity contribution in [3.05, 3.63) is 12.4 Å². The maximum atomic E-state index is 11.7. The monoisotopic (exact) mass is 266 g/mol. The molecule has 1 fully saturated rings. The Hall–Kier alpha value is -1.89. The maximum absolute atomic E-state index is 11.7. The number of rotatable bonds is 5. The Kier molecular flexibility index (Phi) is 4.16. The molecule has 1 saturated carbocycles. The topological polar surface area (TPSA) is 96.2 Å². The number of aliphatic hydroxyl groups excluding tert-OH is 1. The number of carbonyl (C=O) groups is 2. The van der Waals surface area contributed by atoms with Crippen molar-refractivity contribution in [2.75, 3.05) is 11.9 Å². The minimum Gasteiger partial charge on any atom is -0.394 e. The van der Waals surface area contributed by atoms with E-state index in [-0.39, 0.29) is 12.6 Å². The van der Waals surface area contributed by atoms with Gasteiger partial charge in [0.1, 0.15) is 0 Å². The highest BCUT2D eigenvalue weighted by Crippen LogP contribution is 2.33. The Morgan fingerprint density at radius 2 is 2.26 bits per heavy atom. The number of nitrogens with one attached hydrogen (secondary N) is 2. The fraction of sp³-hybridized carbons (Fsp3) is 0.583. The van der Waals surface area contributed by atoms with Gasteiger partial charge in [-0.05, 0) is 12.3 Å². The van der Waals surface area contributed by atoms with Gasteiger partial charge in [0.15, 0.2) is 0 Å². The molecule has 1 heterocycles. The highest BCUT2D eigenvalue weighted by molar-refractivity contribution is 6.39. The summed E-state index contributed by atoms with van der Waals surface area (Å²) in [6.45, 7) is -0.150. The summed E-state index contributed by atoms with van der Waals surface area (Å²) in [5.74, 6) is -0.912. The summed E-state index contributed by atoms with van der Waals surface area (Å²) in [5, 5.41) is 18.0. The van der Waals surface area contributed by atoms with Gasteiger partial charge in [0.25, 0.3) is 0 Å². The average Bonchev–Trinajstić information content (AvgIpc) is 3.10. The van der Waals surface area contributed by atoms with Gasteiger partial charge in [-0.3, -0.25) is 14.3 Å². The zero-order valence-electron chi connectivity index (χ0n) is 10.8. The van der Waals surface area contributed by atoms with Crippen molar-refractivity contribution >= 4 is 17.5 Å². The van der Waals surface area contributed by atoms with Gasteiger partial charge < -0.3 is 15.7 Å². The molecule has 2 rings (SSSR count). The van der Waals surface area contributed by atoms with Crippen molar-refractivity contribution in [3.8, 4) is 0 Å². The summed E-state index contributed by atoms with van der Waals surface area (Å²) in [5.41, 5.74) is 0.463. The number of aryl methyl sites for hydroxylation is 1. The number of aliphatic hydroxyl groups is 1. The number of nitrogens with zero attached hydrogens (tertiary/aromatic N) is 2. The first-order chi connectivity index (χ1) is 9.08. The summed E-state index contributed by atoms with van der Waals surface area (Å²) in [4.78, 5) is 23.3. The molecular formula is C12H18N4O3. The smallest absolute Gasteiger partial charge is 0.313 e. The number of amides is 2. The second kappa shape index (κ2) is 5.83. The lowest BCUT2D eigenvalue weighted by molar-refractivity contribution is -0.136. The Labute approximate surface area is 111 Å². The van der Waals surface area contributed by atoms with E-state index in [1.54, 1.807) is 13.2 Å². The van der Waals surface area contributed by atoms with Gasteiger partial charge in [-0.15, -0.1) is 0 Å². The van der Waals surface area contributed by atoms with Crippen LogP contribution < -0.4 is 10.6 Å². The van der Waals surface area contributed by atoms with Crippen LogP contribution in [0.15, 0.2) is 12.4 Å². The highest BCUT2D eigenvalue weighted by atomic mass is 16.3. The van der Waals surface area contributed by atoms with E-state index in [0.29, 0.717) is 11.6 Å². The van der Waals surface area contributed by atoms with Gasteiger partial charge in [0, 0.05) is 13.2 Å². The molecule has 0 aliphatic heterocycles. The molecule has 7 heteroatoms. The van der Waals surface area contributed by atoms with Crippen molar-refractivity contribution in [2.45, 2.75) is 25.3 Å². The van der Waals surface area contributed by atoms with Crippen LogP contribution in [-0.2, 0) is 16.6 Å². The van der Waals surface area contributed by atoms with Crippen LogP contribution >= 0.6 is 0 Å². The van der Waals surface area contributed by atoms with Crippen molar-refractivity contribution < 1.29 is 14.7 Å². The predicted octanol–water partition coefficient (Wildman–Crippen LogP) is -0.364. The first-order valence-electron chi connectivity index (χ1n) is 6.30. The molecule has 1 unspecified atom stereocenters. The minimum atomic E-state index is -0.748. The van der Waals surface area contributed by atoms with E-state index in [9.17, 15) is 9.59 Å². The molecular weight excluding hydrogens is 248 g/mol. The van der Waals surface area contributed by atoms with Gasteiger partial charge in [-0.25, -0.2) is 0 Å². The molecule has 0 radical (unpaired) electrons. The fourth-order valence-corrected chi connectivity index (χ4v) is 1.86. The highest BCUT2D eigenvalue weighted by Gasteiger charge is 2.27. The van der Waals surface area contributed by atoms with E-state index in [2.05, 4.69) is 15.7 Å². The summed E-state index contributed by atoms with van der Waals surface area (Å²) in [7, 11) is 1.72. The zero-order chi connectivity index (χ0) is 13.8. The van der Waals surface area contributed by atoms with Crippen LogP contribution in [0.5, 0.6) is 0 Å². The lowest BCUT2D eigenvalue weighted by Crippen LogP contribution is -2.43. The lowest BCUT2D eigenvalue weighted by Gasteiger charge is -2.15. The van der Waals surface area contributed by atoms with Crippen LogP contribution in [0.1, 0.15) is 19.3 Å². The van der Waals surface area contributed by atoms with Crippen LogP contribution in [-0.4, -0.2) is 39.4 Å². The molecule has 2 amide bonds. The maximum Gasteiger partial charge on any atom is 0.313 e. The van der Waals surface area contributed by atoms with E-state index in [4.69, 9.17) is 5.11 Å². The number of carbonyl (C=O) groups excluding carboxylic acids is 2. The van der Waals surface area contributed by atoms with E-state index in [0.717, 1.165) is 19.3 Å². The normalized spacial score (nSPS) is 15.9. The summed E-state index contributed by atoms with van der Waals surface area (Å²) >= 11 is 0. The van der Waals surface area contributed by atoms with Crippen molar-refractivity contribution in [3.63, 3.8) is 0 Å². The van der Waals surface area contributed by atoms with Crippen LogP contribution in [0, 0.1) is 5.92 Å². The second-order valence-electron chi connectivity index (χ2n) is 4.89. The molecule has 7 nitrogen and oxygen atoms in total. The number of aromatic nitrogens is 2. The third kappa shape index (κ3) is 4.06. The number of anilines is 1. The SMILES string of the molecule is Cn1cc(NC(=O)C(=O)NC(CO)CC2CC2)cn1. The largest absolute Gasteiger partial charge is 0.394 e. The zero-order valence-corrected chi connectivity index (χ0v) is 10.8. The molecule has 3 N–H and O–H groups in total. The Bertz CT molecular complexity index is 467. The molecule has 19 heavy (non-hydrogen) atoms. The van der Waals surface area contributed by atoms with Crippen LogP contribution in [0.25, 0.3) is 0 Å². The second-order valence-corrected chi connectivity index (χ2v) is 4.89. The predicted molar refractivity (Wildman–Crippen MR) is 68.2 cm³/mol. The van der Waals surface area contributed by atoms with E-state index < -0.39 is 11.8 Å². The van der Waals surface area contributed by atoms with Gasteiger partial charge >= 0.3 is 11.8 Å². The molecule has 1 aliphatic carbocycles. The standard InChI is InChI=1S/C12H18N4O3/c1-16-6-10(5-13-16)15-12(19)11(18)14-9(7-17)4-8-2-3-8/h5-6,8-9,17H,2-4,7H2,1H3,(H,14,18)(H,15,19). The van der Waals surface area contributed by atoms with E-state index in [1.807, 2.05) is 0 Å². The quantitative estimate of drug-likeness (QED) is 0.634. The lowest BCUT2D eigenvalue weighted by atomic mass is 10.1. The first kappa shape index (κ1) is 13.5. The molecule has 1 aliphatic rings. The third-order valence-electron chi connectivity index (χ3n) is 3.04. The van der Waals surface area contributed by atoms with E-state index in [1.165, 1.54) is 10.9 Å². The first-order valence-corrected chi connectivity index (χ1v) is 6.30. The van der Waals surface area contributed by atoms with E-state index >= 15 is 0 Å². The molecule has 0 spiro atoms. The van der Waals surface area contributed by atoms with Gasteiger partial charge in [0.05, 0.1) is 24.5 Å². The molecule has 1 atom stereocenters. The summed E-state index contributed by atoms with van der Waals surface area (Å²) < 4.78 is 1.52. The molecule has 1 aromatic rings. The summed E-state index contributed by atoms with van der Waals surface area (Å²) in [6.07, 6.45) is 6.04. The van der Waals surface area contributed by atoms with Crippen LogP contribution in [0.2, 0.25) is 0 Å². The molecule has 0 bridgehead atoms. The molecule has 104 valence electrons. The van der Waals surface area contributed by atoms with Gasteiger partial charge in [0.2, 0.25) is 0 Å². The number of hydrogen-bond acceptors (Lipinski definition) is 4. The van der Waals surface area contributed by atoms with Crippen molar-refractivity contribution in [2.24, 2.45) is 13.0 Å². The summed E-state index contributed by atoms with van der Waals surface area (Å²) in [6, 6.07) is -0.348. The Balaban J connectivity index is 1.82. The molecule has 0 saturated heterocycles. The minimum absolute atomic E-state index is 0.150. The Morgan fingerprint density at radius 1 is 1.53 bits per heavy atom. The van der Waals surface area contributed by atoms with Crippen LogP contribution in [0.4, 0.5) is 5.69 Å². The average molecular weight is 266 g/mol. The number of hydrogen-bond donors (Lipinski definition) is 3. The van der Waals surface area contributed by atoms with Gasteiger partial charge in [-0.2, -0.15) is 5.10 Å².